The van der Waals surface area contributed by atoms with Crippen LogP contribution in [-0.2, 0) is 24.6 Å². The first-order valence-electron chi connectivity index (χ1n) is 16.7. The van der Waals surface area contributed by atoms with Gasteiger partial charge in [-0.1, -0.05) is 71.9 Å². The maximum absolute atomic E-state index is 13.4. The van der Waals surface area contributed by atoms with Crippen molar-refractivity contribution < 1.29 is 36.3 Å². The van der Waals surface area contributed by atoms with E-state index in [0.29, 0.717) is 12.8 Å². The van der Waals surface area contributed by atoms with E-state index in [2.05, 4.69) is 72.9 Å². The van der Waals surface area contributed by atoms with Gasteiger partial charge in [0.1, 0.15) is 18.5 Å². The van der Waals surface area contributed by atoms with Crippen LogP contribution in [0.5, 0.6) is 5.75 Å². The summed E-state index contributed by atoms with van der Waals surface area (Å²) in [4.78, 5) is 12.7. The fraction of sp³-hybridized carbons (Fsp3) is 0.686. The second kappa shape index (κ2) is 15.8. The molecule has 0 aromatic heterocycles. The molecule has 5 nitrogen and oxygen atoms in total. The molecule has 1 aromatic rings. The van der Waals surface area contributed by atoms with Crippen LogP contribution >= 0.6 is 0 Å². The highest BCUT2D eigenvalue weighted by Gasteiger charge is 2.48. The lowest BCUT2D eigenvalue weighted by molar-refractivity contribution is -0.151. The molecule has 10 heteroatoms. The number of ether oxygens (including phenoxy) is 2. The van der Waals surface area contributed by atoms with Gasteiger partial charge in [-0.15, -0.1) is 0 Å². The molecule has 2 unspecified atom stereocenters. The van der Waals surface area contributed by atoms with Gasteiger partial charge in [0.15, 0.2) is 16.6 Å². The quantitative estimate of drug-likeness (QED) is 0.126. The van der Waals surface area contributed by atoms with Gasteiger partial charge in [-0.25, -0.2) is 0 Å². The fourth-order valence-corrected chi connectivity index (χ4v) is 10.2. The molecule has 1 saturated carbocycles. The maximum atomic E-state index is 13.4. The number of rotatable bonds is 12. The number of carbonyl (C=O) groups is 1. The first-order valence-corrected chi connectivity index (χ1v) is 22.2. The topological polar surface area (TPSA) is 54.0 Å². The van der Waals surface area contributed by atoms with E-state index in [9.17, 15) is 18.0 Å². The lowest BCUT2D eigenvalue weighted by Crippen LogP contribution is -2.45. The van der Waals surface area contributed by atoms with Crippen LogP contribution in [0, 0.1) is 11.8 Å². The molecular weight excluding hydrogens is 614 g/mol. The van der Waals surface area contributed by atoms with Gasteiger partial charge in [0.2, 0.25) is 0 Å². The highest BCUT2D eigenvalue weighted by atomic mass is 28.4. The molecule has 254 valence electrons. The van der Waals surface area contributed by atoms with Crippen molar-refractivity contribution >= 4 is 22.6 Å². The highest BCUT2D eigenvalue weighted by molar-refractivity contribution is 6.74. The summed E-state index contributed by atoms with van der Waals surface area (Å²) in [6.45, 7) is 17.7. The van der Waals surface area contributed by atoms with Gasteiger partial charge in [0.25, 0.3) is 0 Å². The number of benzene rings is 1. The predicted molar refractivity (Wildman–Crippen MR) is 179 cm³/mol. The van der Waals surface area contributed by atoms with Crippen LogP contribution in [0.3, 0.4) is 0 Å². The average molecular weight is 669 g/mol. The van der Waals surface area contributed by atoms with E-state index in [1.165, 1.54) is 6.07 Å². The zero-order chi connectivity index (χ0) is 33.5. The molecule has 2 aliphatic rings. The molecule has 1 heterocycles. The monoisotopic (exact) mass is 668 g/mol. The smallest absolute Gasteiger partial charge is 0.416 e. The Labute approximate surface area is 271 Å². The molecule has 1 aliphatic heterocycles. The molecule has 0 bridgehead atoms. The van der Waals surface area contributed by atoms with Gasteiger partial charge >= 0.3 is 12.1 Å². The Kier molecular flexibility index (Phi) is 13.2. The molecule has 0 spiro atoms. The van der Waals surface area contributed by atoms with Crippen LogP contribution in [0.1, 0.15) is 79.2 Å². The number of fused-ring (bicyclic) bond motifs is 1. The van der Waals surface area contributed by atoms with Crippen molar-refractivity contribution in [2.45, 2.75) is 134 Å². The fourth-order valence-electron chi connectivity index (χ4n) is 6.08. The van der Waals surface area contributed by atoms with E-state index in [4.69, 9.17) is 18.3 Å². The van der Waals surface area contributed by atoms with Gasteiger partial charge in [0.05, 0.1) is 17.8 Å². The van der Waals surface area contributed by atoms with Gasteiger partial charge in [-0.2, -0.15) is 13.2 Å². The Hall–Kier alpha value is -1.89. The van der Waals surface area contributed by atoms with Crippen LogP contribution in [-0.4, -0.2) is 47.5 Å². The van der Waals surface area contributed by atoms with Crippen LogP contribution in [0.4, 0.5) is 13.2 Å². The van der Waals surface area contributed by atoms with Crippen molar-refractivity contribution in [2.24, 2.45) is 11.8 Å². The summed E-state index contributed by atoms with van der Waals surface area (Å²) >= 11 is 0. The normalized spacial score (nSPS) is 24.4. The summed E-state index contributed by atoms with van der Waals surface area (Å²) in [7, 11) is -4.27. The van der Waals surface area contributed by atoms with Crippen molar-refractivity contribution in [3.63, 3.8) is 0 Å². The van der Waals surface area contributed by atoms with E-state index in [1.807, 2.05) is 6.08 Å². The molecule has 1 fully saturated rings. The number of hydrogen-bond acceptors (Lipinski definition) is 5. The minimum atomic E-state index is -4.45. The molecule has 0 amide bonds. The number of alkyl halides is 3. The zero-order valence-electron chi connectivity index (χ0n) is 28.5. The molecule has 45 heavy (non-hydrogen) atoms. The Morgan fingerprint density at radius 1 is 1.07 bits per heavy atom. The van der Waals surface area contributed by atoms with E-state index >= 15 is 0 Å². The standard InChI is InChI=1S/C35H55F3O5Si2/c1-9-45(10-2,11-3)42-28(25-40-27-18-16-17-26(23-27)35(36,37)38)21-22-30-29-19-14-12-13-15-20-33(39)41-31(29)24-32(30)43-44(7,8)34(4,5)6/h12,14,16-18,21-23,28-32H,9-11,13,15,19-20,24-25H2,1-8H3/b14-12?,22-21+/t28?,29-,30-,31+,32?/m1/s1. The minimum Gasteiger partial charge on any atom is -0.491 e. The van der Waals surface area contributed by atoms with E-state index in [0.717, 1.165) is 49.5 Å². The first-order chi connectivity index (χ1) is 21.0. The van der Waals surface area contributed by atoms with Crippen molar-refractivity contribution in [1.29, 1.82) is 0 Å². The van der Waals surface area contributed by atoms with Crippen LogP contribution in [0.25, 0.3) is 0 Å². The molecular formula is C35H55F3O5Si2. The molecule has 0 N–H and O–H groups in total. The van der Waals surface area contributed by atoms with Crippen LogP contribution in [0.15, 0.2) is 48.6 Å². The Balaban J connectivity index is 1.97. The predicted octanol–water partition coefficient (Wildman–Crippen LogP) is 10.1. The molecule has 0 radical (unpaired) electrons. The number of esters is 1. The summed E-state index contributed by atoms with van der Waals surface area (Å²) in [5.41, 5.74) is -0.742. The molecule has 0 saturated heterocycles. The van der Waals surface area contributed by atoms with E-state index in [1.54, 1.807) is 6.07 Å². The lowest BCUT2D eigenvalue weighted by Gasteiger charge is -2.40. The van der Waals surface area contributed by atoms with Crippen LogP contribution in [0.2, 0.25) is 36.3 Å². The number of halogens is 3. The Morgan fingerprint density at radius 3 is 2.38 bits per heavy atom. The largest absolute Gasteiger partial charge is 0.491 e. The van der Waals surface area contributed by atoms with Crippen molar-refractivity contribution in [3.05, 3.63) is 54.1 Å². The van der Waals surface area contributed by atoms with Gasteiger partial charge in [-0.05, 0) is 73.7 Å². The highest BCUT2D eigenvalue weighted by Crippen LogP contribution is 2.45. The van der Waals surface area contributed by atoms with Gasteiger partial charge < -0.3 is 18.3 Å². The SMILES string of the molecule is CC[Si](CC)(CC)OC(/C=C/[C@H]1C(O[Si](C)(C)C(C)(C)C)C[C@@H]2OC(=O)CCCC=CC[C@@H]21)COc1cccc(C(F)(F)F)c1. The summed E-state index contributed by atoms with van der Waals surface area (Å²) in [5.74, 6) is 0.0239. The summed E-state index contributed by atoms with van der Waals surface area (Å²) in [6, 6.07) is 7.79. The van der Waals surface area contributed by atoms with Crippen molar-refractivity contribution in [3.8, 4) is 5.75 Å². The maximum Gasteiger partial charge on any atom is 0.416 e. The third kappa shape index (κ3) is 10.3. The first kappa shape index (κ1) is 37.6. The number of carbonyl (C=O) groups excluding carboxylic acids is 1. The second-order valence-electron chi connectivity index (χ2n) is 14.1. The number of allylic oxidation sites excluding steroid dienone is 2. The zero-order valence-corrected chi connectivity index (χ0v) is 30.5. The third-order valence-corrected chi connectivity index (χ3v) is 19.4. The van der Waals surface area contributed by atoms with Crippen molar-refractivity contribution in [1.82, 2.24) is 0 Å². The van der Waals surface area contributed by atoms with Gasteiger partial charge in [0, 0.05) is 24.7 Å². The van der Waals surface area contributed by atoms with E-state index in [-0.39, 0.29) is 47.4 Å². The third-order valence-electron chi connectivity index (χ3n) is 10.2. The molecule has 3 rings (SSSR count). The Morgan fingerprint density at radius 2 is 1.76 bits per heavy atom. The molecule has 1 aromatic carbocycles. The lowest BCUT2D eigenvalue weighted by atomic mass is 9.89. The van der Waals surface area contributed by atoms with Crippen molar-refractivity contribution in [2.75, 3.05) is 6.61 Å². The molecule has 5 atom stereocenters. The summed E-state index contributed by atoms with van der Waals surface area (Å²) in [5, 5.41) is 0.00730. The number of hydrogen-bond donors (Lipinski definition) is 0. The Bertz CT molecular complexity index is 1150. The van der Waals surface area contributed by atoms with Crippen LogP contribution < -0.4 is 4.74 Å². The summed E-state index contributed by atoms with van der Waals surface area (Å²) < 4.78 is 66.1. The molecule has 1 aliphatic carbocycles. The summed E-state index contributed by atoms with van der Waals surface area (Å²) in [6.07, 6.45) is 6.73. The van der Waals surface area contributed by atoms with E-state index < -0.39 is 34.5 Å². The average Bonchev–Trinajstić information content (AvgIpc) is 3.28. The minimum absolute atomic E-state index is 0.00730. The van der Waals surface area contributed by atoms with Gasteiger partial charge in [-0.3, -0.25) is 4.79 Å². The second-order valence-corrected chi connectivity index (χ2v) is 23.6.